The lowest BCUT2D eigenvalue weighted by atomic mass is 10.1. The first-order valence-electron chi connectivity index (χ1n) is 9.02. The largest absolute Gasteiger partial charge is 0.487 e. The summed E-state index contributed by atoms with van der Waals surface area (Å²) in [5.41, 5.74) is 2.68. The van der Waals surface area contributed by atoms with E-state index in [4.69, 9.17) is 16.3 Å². The van der Waals surface area contributed by atoms with Crippen LogP contribution >= 0.6 is 11.6 Å². The summed E-state index contributed by atoms with van der Waals surface area (Å²) in [5.74, 6) is 0.454. The maximum Gasteiger partial charge on any atom is 0.227 e. The van der Waals surface area contributed by atoms with E-state index in [1.807, 2.05) is 50.2 Å². The van der Waals surface area contributed by atoms with Crippen LogP contribution in [0.2, 0.25) is 5.02 Å². The Morgan fingerprint density at radius 3 is 2.78 bits per heavy atom. The molecule has 0 spiro atoms. The maximum absolute atomic E-state index is 12.7. The van der Waals surface area contributed by atoms with Gasteiger partial charge < -0.3 is 15.0 Å². The van der Waals surface area contributed by atoms with Crippen molar-refractivity contribution in [1.29, 1.82) is 0 Å². The molecule has 1 atom stereocenters. The topological polar surface area (TPSA) is 58.6 Å². The summed E-state index contributed by atoms with van der Waals surface area (Å²) in [6.07, 6.45) is 0.197. The Kier molecular flexibility index (Phi) is 6.01. The first-order valence-corrected chi connectivity index (χ1v) is 9.39. The number of benzene rings is 2. The van der Waals surface area contributed by atoms with Crippen LogP contribution in [0.25, 0.3) is 0 Å². The van der Waals surface area contributed by atoms with Gasteiger partial charge in [0.1, 0.15) is 11.9 Å². The second kappa shape index (κ2) is 8.44. The molecule has 2 aromatic rings. The fourth-order valence-corrected chi connectivity index (χ4v) is 3.27. The van der Waals surface area contributed by atoms with Crippen molar-refractivity contribution in [2.75, 3.05) is 11.4 Å². The van der Waals surface area contributed by atoms with E-state index < -0.39 is 0 Å². The van der Waals surface area contributed by atoms with Crippen LogP contribution in [0.5, 0.6) is 5.75 Å². The third-order valence-corrected chi connectivity index (χ3v) is 4.84. The minimum Gasteiger partial charge on any atom is -0.487 e. The van der Waals surface area contributed by atoms with Crippen molar-refractivity contribution in [3.8, 4) is 5.75 Å². The van der Waals surface area contributed by atoms with Gasteiger partial charge in [0.25, 0.3) is 0 Å². The van der Waals surface area contributed by atoms with Gasteiger partial charge >= 0.3 is 0 Å². The number of halogens is 1. The fraction of sp³-hybridized carbons (Fsp3) is 0.333. The Hall–Kier alpha value is -2.53. The van der Waals surface area contributed by atoms with Crippen molar-refractivity contribution in [3.05, 3.63) is 58.6 Å². The van der Waals surface area contributed by atoms with Crippen molar-refractivity contribution >= 4 is 29.1 Å². The molecule has 1 N–H and O–H groups in total. The lowest BCUT2D eigenvalue weighted by molar-refractivity contribution is -0.125. The smallest absolute Gasteiger partial charge is 0.227 e. The van der Waals surface area contributed by atoms with Crippen molar-refractivity contribution in [3.63, 3.8) is 0 Å². The van der Waals surface area contributed by atoms with Crippen molar-refractivity contribution in [2.24, 2.45) is 0 Å². The van der Waals surface area contributed by atoms with Crippen LogP contribution in [0, 0.1) is 6.92 Å². The molecule has 0 unspecified atom stereocenters. The predicted molar refractivity (Wildman–Crippen MR) is 106 cm³/mol. The van der Waals surface area contributed by atoms with Gasteiger partial charge in [-0.05, 0) is 43.2 Å². The number of anilines is 1. The molecule has 0 radical (unpaired) electrons. The van der Waals surface area contributed by atoms with Gasteiger partial charge in [0.05, 0.1) is 12.2 Å². The number of carbonyl (C=O) groups excluding carboxylic acids is 2. The summed E-state index contributed by atoms with van der Waals surface area (Å²) >= 11 is 6.09. The molecule has 0 saturated heterocycles. The van der Waals surface area contributed by atoms with E-state index in [2.05, 4.69) is 5.32 Å². The third kappa shape index (κ3) is 4.80. The van der Waals surface area contributed by atoms with E-state index in [1.54, 1.807) is 11.0 Å². The fourth-order valence-electron chi connectivity index (χ4n) is 3.06. The summed E-state index contributed by atoms with van der Waals surface area (Å²) in [6.45, 7) is 4.74. The van der Waals surface area contributed by atoms with E-state index in [9.17, 15) is 9.59 Å². The SMILES string of the molecule is Cc1ccc2c(c1)N(C(=O)CCC(=O)NCc1ccccc1Cl)C[C@H](C)O2. The third-order valence-electron chi connectivity index (χ3n) is 4.47. The molecule has 1 aliphatic rings. The zero-order chi connectivity index (χ0) is 19.4. The number of amides is 2. The number of nitrogens with zero attached hydrogens (tertiary/aromatic N) is 1. The highest BCUT2D eigenvalue weighted by Gasteiger charge is 2.27. The molecular weight excluding hydrogens is 364 g/mol. The lowest BCUT2D eigenvalue weighted by Crippen LogP contribution is -2.42. The summed E-state index contributed by atoms with van der Waals surface area (Å²) < 4.78 is 5.81. The number of rotatable bonds is 5. The summed E-state index contributed by atoms with van der Waals surface area (Å²) in [5, 5.41) is 3.43. The van der Waals surface area contributed by atoms with Gasteiger partial charge in [0, 0.05) is 24.4 Å². The van der Waals surface area contributed by atoms with Crippen molar-refractivity contribution < 1.29 is 14.3 Å². The van der Waals surface area contributed by atoms with Gasteiger partial charge in [0.15, 0.2) is 0 Å². The molecule has 0 saturated carbocycles. The van der Waals surface area contributed by atoms with E-state index in [1.165, 1.54) is 0 Å². The molecule has 6 heteroatoms. The minimum absolute atomic E-state index is 0.0788. The highest BCUT2D eigenvalue weighted by molar-refractivity contribution is 6.31. The van der Waals surface area contributed by atoms with E-state index in [0.29, 0.717) is 23.9 Å². The maximum atomic E-state index is 12.7. The first kappa shape index (κ1) is 19.2. The van der Waals surface area contributed by atoms with E-state index >= 15 is 0 Å². The van der Waals surface area contributed by atoms with E-state index in [-0.39, 0.29) is 30.8 Å². The zero-order valence-corrected chi connectivity index (χ0v) is 16.3. The molecule has 1 aliphatic heterocycles. The normalized spacial score (nSPS) is 15.7. The molecule has 5 nitrogen and oxygen atoms in total. The average molecular weight is 387 g/mol. The lowest BCUT2D eigenvalue weighted by Gasteiger charge is -2.33. The number of fused-ring (bicyclic) bond motifs is 1. The summed E-state index contributed by atoms with van der Waals surface area (Å²) in [7, 11) is 0. The Bertz CT molecular complexity index is 853. The molecule has 0 fully saturated rings. The van der Waals surface area contributed by atoms with Crippen LogP contribution in [0.3, 0.4) is 0 Å². The molecule has 2 amide bonds. The molecular formula is C21H23ClN2O3. The molecule has 1 heterocycles. The number of ether oxygens (including phenoxy) is 1. The van der Waals surface area contributed by atoms with Crippen molar-refractivity contribution in [1.82, 2.24) is 5.32 Å². The molecule has 27 heavy (non-hydrogen) atoms. The average Bonchev–Trinajstić information content (AvgIpc) is 2.65. The second-order valence-corrected chi connectivity index (χ2v) is 7.18. The van der Waals surface area contributed by atoms with Gasteiger partial charge in [-0.3, -0.25) is 9.59 Å². The van der Waals surface area contributed by atoms with Gasteiger partial charge in [-0.2, -0.15) is 0 Å². The highest BCUT2D eigenvalue weighted by atomic mass is 35.5. The summed E-state index contributed by atoms with van der Waals surface area (Å²) in [6, 6.07) is 13.1. The van der Waals surface area contributed by atoms with E-state index in [0.717, 1.165) is 16.8 Å². The molecule has 0 aromatic heterocycles. The standard InChI is InChI=1S/C21H23ClN2O3/c1-14-7-8-19-18(11-14)24(13-15(2)27-19)21(26)10-9-20(25)23-12-16-5-3-4-6-17(16)22/h3-8,11,15H,9-10,12-13H2,1-2H3,(H,23,25)/t15-/m0/s1. The first-order chi connectivity index (χ1) is 12.9. The van der Waals surface area contributed by atoms with Crippen LogP contribution in [0.15, 0.2) is 42.5 Å². The van der Waals surface area contributed by atoms with Crippen LogP contribution < -0.4 is 15.0 Å². The number of carbonyl (C=O) groups is 2. The monoisotopic (exact) mass is 386 g/mol. The molecule has 0 bridgehead atoms. The van der Waals surface area contributed by atoms with Gasteiger partial charge in [0.2, 0.25) is 11.8 Å². The van der Waals surface area contributed by atoms with Crippen molar-refractivity contribution in [2.45, 2.75) is 39.3 Å². The molecule has 3 rings (SSSR count). The quantitative estimate of drug-likeness (QED) is 0.848. The Labute approximate surface area is 164 Å². The number of hydrogen-bond acceptors (Lipinski definition) is 3. The zero-order valence-electron chi connectivity index (χ0n) is 15.5. The van der Waals surface area contributed by atoms with Gasteiger partial charge in [-0.1, -0.05) is 35.9 Å². The number of aryl methyl sites for hydroxylation is 1. The minimum atomic E-state index is -0.172. The predicted octanol–water partition coefficient (Wildman–Crippen LogP) is 3.86. The second-order valence-electron chi connectivity index (χ2n) is 6.77. The van der Waals surface area contributed by atoms with Crippen LogP contribution in [0.4, 0.5) is 5.69 Å². The van der Waals surface area contributed by atoms with Gasteiger partial charge in [-0.25, -0.2) is 0 Å². The Balaban J connectivity index is 1.57. The molecule has 2 aromatic carbocycles. The van der Waals surface area contributed by atoms with Gasteiger partial charge in [-0.15, -0.1) is 0 Å². The van der Waals surface area contributed by atoms with Crippen LogP contribution in [-0.2, 0) is 16.1 Å². The molecule has 142 valence electrons. The summed E-state index contributed by atoms with van der Waals surface area (Å²) in [4.78, 5) is 26.6. The number of hydrogen-bond donors (Lipinski definition) is 1. The molecule has 0 aliphatic carbocycles. The highest BCUT2D eigenvalue weighted by Crippen LogP contribution is 2.34. The Morgan fingerprint density at radius 2 is 2.00 bits per heavy atom. The number of nitrogens with one attached hydrogen (secondary N) is 1. The van der Waals surface area contributed by atoms with Crippen LogP contribution in [0.1, 0.15) is 30.9 Å². The Morgan fingerprint density at radius 1 is 1.22 bits per heavy atom. The van der Waals surface area contributed by atoms with Crippen LogP contribution in [-0.4, -0.2) is 24.5 Å².